The van der Waals surface area contributed by atoms with Gasteiger partial charge in [-0.05, 0) is 30.4 Å². The molecule has 1 aliphatic rings. The fourth-order valence-electron chi connectivity index (χ4n) is 2.48. The van der Waals surface area contributed by atoms with E-state index in [1.54, 1.807) is 0 Å². The first-order valence-corrected chi connectivity index (χ1v) is 7.19. The second-order valence-electron chi connectivity index (χ2n) is 5.82. The molecule has 0 saturated carbocycles. The first-order valence-electron chi connectivity index (χ1n) is 7.19. The number of hydrogen-bond acceptors (Lipinski definition) is 2. The van der Waals surface area contributed by atoms with Crippen molar-refractivity contribution in [2.75, 3.05) is 19.6 Å². The van der Waals surface area contributed by atoms with Crippen molar-refractivity contribution >= 4 is 0 Å². The fraction of sp³-hybridized carbons (Fsp3) is 0.625. The van der Waals surface area contributed by atoms with Gasteiger partial charge in [-0.2, -0.15) is 0 Å². The van der Waals surface area contributed by atoms with Crippen LogP contribution in [-0.4, -0.2) is 30.6 Å². The summed E-state index contributed by atoms with van der Waals surface area (Å²) in [6.45, 7) is 11.4. The highest BCUT2D eigenvalue weighted by Gasteiger charge is 2.13. The van der Waals surface area contributed by atoms with Crippen molar-refractivity contribution in [1.82, 2.24) is 10.2 Å². The molecule has 1 heterocycles. The van der Waals surface area contributed by atoms with Crippen LogP contribution in [-0.2, 0) is 6.54 Å². The van der Waals surface area contributed by atoms with Crippen LogP contribution in [0.3, 0.4) is 0 Å². The highest BCUT2D eigenvalue weighted by Crippen LogP contribution is 2.16. The highest BCUT2D eigenvalue weighted by atomic mass is 15.2. The Bertz CT molecular complexity index is 356. The Morgan fingerprint density at radius 3 is 2.61 bits per heavy atom. The number of nitrogens with zero attached hydrogens (tertiary/aromatic N) is 1. The van der Waals surface area contributed by atoms with E-state index in [0.29, 0.717) is 12.0 Å². The average Bonchev–Trinajstić information content (AvgIpc) is 2.55. The molecule has 0 aliphatic carbocycles. The molecule has 1 aliphatic heterocycles. The zero-order chi connectivity index (χ0) is 13.0. The Balaban J connectivity index is 1.92. The highest BCUT2D eigenvalue weighted by molar-refractivity contribution is 5.24. The molecule has 0 aromatic heterocycles. The zero-order valence-electron chi connectivity index (χ0n) is 11.9. The Morgan fingerprint density at radius 1 is 1.22 bits per heavy atom. The summed E-state index contributed by atoms with van der Waals surface area (Å²) in [5.74, 6) is 0.627. The molecule has 2 rings (SSSR count). The predicted molar refractivity (Wildman–Crippen MR) is 77.9 cm³/mol. The summed E-state index contributed by atoms with van der Waals surface area (Å²) >= 11 is 0. The van der Waals surface area contributed by atoms with Crippen LogP contribution in [0, 0.1) is 0 Å². The lowest BCUT2D eigenvalue weighted by Crippen LogP contribution is -2.28. The van der Waals surface area contributed by atoms with E-state index in [1.807, 2.05) is 0 Å². The van der Waals surface area contributed by atoms with Gasteiger partial charge in [0, 0.05) is 32.2 Å². The van der Waals surface area contributed by atoms with Gasteiger partial charge in [0.1, 0.15) is 0 Å². The molecule has 1 fully saturated rings. The third-order valence-electron chi connectivity index (χ3n) is 3.85. The van der Waals surface area contributed by atoms with Crippen LogP contribution in [0.15, 0.2) is 24.3 Å². The third kappa shape index (κ3) is 3.82. The molecule has 1 N–H and O–H groups in total. The second kappa shape index (κ2) is 6.35. The Kier molecular flexibility index (Phi) is 4.79. The lowest BCUT2D eigenvalue weighted by Gasteiger charge is -2.19. The van der Waals surface area contributed by atoms with Gasteiger partial charge in [-0.3, -0.25) is 4.90 Å². The van der Waals surface area contributed by atoms with Crippen molar-refractivity contribution < 1.29 is 0 Å². The predicted octanol–water partition coefficient (Wildman–Crippen LogP) is 2.99. The van der Waals surface area contributed by atoms with E-state index in [4.69, 9.17) is 0 Å². The number of hydrogen-bond donors (Lipinski definition) is 1. The van der Waals surface area contributed by atoms with Crippen LogP contribution in [0.5, 0.6) is 0 Å². The summed E-state index contributed by atoms with van der Waals surface area (Å²) in [6.07, 6.45) is 1.25. The van der Waals surface area contributed by atoms with Crippen molar-refractivity contribution in [2.24, 2.45) is 0 Å². The van der Waals surface area contributed by atoms with Crippen LogP contribution in [0.2, 0.25) is 0 Å². The number of rotatable bonds is 3. The molecule has 2 heteroatoms. The van der Waals surface area contributed by atoms with Gasteiger partial charge >= 0.3 is 0 Å². The SMILES string of the molecule is CC1CCN(Cc2ccc(C(C)C)cc2)CCN1. The number of nitrogens with one attached hydrogen (secondary N) is 1. The fourth-order valence-corrected chi connectivity index (χ4v) is 2.48. The van der Waals surface area contributed by atoms with Crippen LogP contribution in [0.4, 0.5) is 0 Å². The molecule has 18 heavy (non-hydrogen) atoms. The minimum atomic E-state index is 0.627. The lowest BCUT2D eigenvalue weighted by atomic mass is 10.0. The van der Waals surface area contributed by atoms with Gasteiger partial charge in [0.05, 0.1) is 0 Å². The maximum Gasteiger partial charge on any atom is 0.0234 e. The molecule has 1 unspecified atom stereocenters. The van der Waals surface area contributed by atoms with Crippen LogP contribution in [0.25, 0.3) is 0 Å². The third-order valence-corrected chi connectivity index (χ3v) is 3.85. The van der Waals surface area contributed by atoms with Crippen molar-refractivity contribution in [3.05, 3.63) is 35.4 Å². The van der Waals surface area contributed by atoms with Crippen molar-refractivity contribution in [3.63, 3.8) is 0 Å². The molecule has 100 valence electrons. The van der Waals surface area contributed by atoms with E-state index in [-0.39, 0.29) is 0 Å². The summed E-state index contributed by atoms with van der Waals surface area (Å²) in [6, 6.07) is 9.80. The van der Waals surface area contributed by atoms with E-state index < -0.39 is 0 Å². The van der Waals surface area contributed by atoms with Gasteiger partial charge in [-0.25, -0.2) is 0 Å². The average molecular weight is 246 g/mol. The molecule has 0 radical (unpaired) electrons. The molecule has 1 atom stereocenters. The Morgan fingerprint density at radius 2 is 1.94 bits per heavy atom. The molecule has 1 saturated heterocycles. The standard InChI is InChI=1S/C16H26N2/c1-13(2)16-6-4-15(5-7-16)12-18-10-8-14(3)17-9-11-18/h4-7,13-14,17H,8-12H2,1-3H3. The molecule has 1 aromatic rings. The topological polar surface area (TPSA) is 15.3 Å². The second-order valence-corrected chi connectivity index (χ2v) is 5.82. The lowest BCUT2D eigenvalue weighted by molar-refractivity contribution is 0.282. The molecule has 0 bridgehead atoms. The van der Waals surface area contributed by atoms with Crippen molar-refractivity contribution in [3.8, 4) is 0 Å². The Hall–Kier alpha value is -0.860. The van der Waals surface area contributed by atoms with E-state index in [2.05, 4.69) is 55.3 Å². The molecule has 2 nitrogen and oxygen atoms in total. The largest absolute Gasteiger partial charge is 0.313 e. The normalized spacial score (nSPS) is 22.1. The van der Waals surface area contributed by atoms with Crippen LogP contribution in [0.1, 0.15) is 44.2 Å². The van der Waals surface area contributed by atoms with Crippen LogP contribution >= 0.6 is 0 Å². The molecule has 1 aromatic carbocycles. The minimum Gasteiger partial charge on any atom is -0.313 e. The van der Waals surface area contributed by atoms with E-state index in [9.17, 15) is 0 Å². The monoisotopic (exact) mass is 246 g/mol. The first-order chi connectivity index (χ1) is 8.65. The van der Waals surface area contributed by atoms with Gasteiger partial charge < -0.3 is 5.32 Å². The molecular weight excluding hydrogens is 220 g/mol. The molecule has 0 spiro atoms. The van der Waals surface area contributed by atoms with Crippen molar-refractivity contribution in [2.45, 2.75) is 45.7 Å². The van der Waals surface area contributed by atoms with Gasteiger partial charge in [0.15, 0.2) is 0 Å². The molecular formula is C16H26N2. The van der Waals surface area contributed by atoms with Crippen molar-refractivity contribution in [1.29, 1.82) is 0 Å². The minimum absolute atomic E-state index is 0.627. The first kappa shape index (κ1) is 13.6. The summed E-state index contributed by atoms with van der Waals surface area (Å²) < 4.78 is 0. The van der Waals surface area contributed by atoms with Gasteiger partial charge in [-0.1, -0.05) is 38.1 Å². The number of benzene rings is 1. The van der Waals surface area contributed by atoms with Gasteiger partial charge in [0.2, 0.25) is 0 Å². The van der Waals surface area contributed by atoms with E-state index in [0.717, 1.165) is 19.6 Å². The van der Waals surface area contributed by atoms with E-state index >= 15 is 0 Å². The smallest absolute Gasteiger partial charge is 0.0234 e. The molecule has 0 amide bonds. The van der Waals surface area contributed by atoms with Gasteiger partial charge in [0.25, 0.3) is 0 Å². The maximum absolute atomic E-state index is 3.54. The summed E-state index contributed by atoms with van der Waals surface area (Å²) in [7, 11) is 0. The summed E-state index contributed by atoms with van der Waals surface area (Å²) in [5.41, 5.74) is 2.87. The van der Waals surface area contributed by atoms with Crippen LogP contribution < -0.4 is 5.32 Å². The Labute approximate surface area is 111 Å². The summed E-state index contributed by atoms with van der Waals surface area (Å²) in [4.78, 5) is 2.56. The quantitative estimate of drug-likeness (QED) is 0.882. The zero-order valence-corrected chi connectivity index (χ0v) is 11.9. The maximum atomic E-state index is 3.54. The van der Waals surface area contributed by atoms with Gasteiger partial charge in [-0.15, -0.1) is 0 Å². The summed E-state index contributed by atoms with van der Waals surface area (Å²) in [5, 5.41) is 3.54. The van der Waals surface area contributed by atoms with E-state index in [1.165, 1.54) is 24.1 Å².